The van der Waals surface area contributed by atoms with Gasteiger partial charge in [-0.15, -0.1) is 12.4 Å². The first-order chi connectivity index (χ1) is 11.8. The summed E-state index contributed by atoms with van der Waals surface area (Å²) in [4.78, 5) is 13.7. The van der Waals surface area contributed by atoms with Crippen LogP contribution in [0.4, 0.5) is 0 Å². The Morgan fingerprint density at radius 3 is 2.40 bits per heavy atom. The van der Waals surface area contributed by atoms with E-state index in [0.717, 1.165) is 55.8 Å². The van der Waals surface area contributed by atoms with Crippen molar-refractivity contribution in [3.63, 3.8) is 0 Å². The molecule has 3 aliphatic heterocycles. The molecule has 0 saturated carbocycles. The average Bonchev–Trinajstić information content (AvgIpc) is 3.01. The van der Waals surface area contributed by atoms with Crippen LogP contribution in [0.25, 0.3) is 0 Å². The molecule has 7 heteroatoms. The molecule has 130 valence electrons. The third-order valence-electron chi connectivity index (χ3n) is 4.73. The van der Waals surface area contributed by atoms with E-state index in [0.29, 0.717) is 5.57 Å². The number of thioether (sulfide) groups is 1. The van der Waals surface area contributed by atoms with Crippen LogP contribution in [0.5, 0.6) is 0 Å². The minimum atomic E-state index is 0. The van der Waals surface area contributed by atoms with Crippen molar-refractivity contribution in [1.82, 2.24) is 9.80 Å². The lowest BCUT2D eigenvalue weighted by Gasteiger charge is -2.31. The summed E-state index contributed by atoms with van der Waals surface area (Å²) in [5.41, 5.74) is 3.43. The Morgan fingerprint density at radius 1 is 1.12 bits per heavy atom. The fraction of sp³-hybridized carbons (Fsp3) is 0.389. The van der Waals surface area contributed by atoms with Gasteiger partial charge in [-0.05, 0) is 30.2 Å². The molecule has 0 bridgehead atoms. The molecule has 0 fully saturated rings. The summed E-state index contributed by atoms with van der Waals surface area (Å²) in [5, 5.41) is 10.7. The van der Waals surface area contributed by atoms with Crippen LogP contribution < -0.4 is 0 Å². The highest BCUT2D eigenvalue weighted by molar-refractivity contribution is 8.13. The topological polar surface area (TPSA) is 55.0 Å². The number of aliphatic imine (C=N–C) groups is 2. The average molecular weight is 374 g/mol. The predicted molar refractivity (Wildman–Crippen MR) is 105 cm³/mol. The first-order valence-corrected chi connectivity index (χ1v) is 9.45. The molecule has 4 rings (SSSR count). The molecule has 0 radical (unpaired) electrons. The van der Waals surface area contributed by atoms with Crippen molar-refractivity contribution in [3.8, 4) is 6.07 Å². The fourth-order valence-electron chi connectivity index (χ4n) is 3.52. The van der Waals surface area contributed by atoms with Crippen LogP contribution in [0.15, 0.2) is 45.6 Å². The SMILES string of the molecule is CSC1=NC(N2CCc3ccccc3CC2)=C(C#N)C2=NCCN12.Cl. The van der Waals surface area contributed by atoms with E-state index in [1.807, 2.05) is 6.26 Å². The van der Waals surface area contributed by atoms with E-state index >= 15 is 0 Å². The van der Waals surface area contributed by atoms with Crippen molar-refractivity contribution in [2.45, 2.75) is 12.8 Å². The fourth-order valence-corrected chi connectivity index (χ4v) is 4.09. The van der Waals surface area contributed by atoms with Gasteiger partial charge in [-0.3, -0.25) is 4.99 Å². The second kappa shape index (κ2) is 7.51. The monoisotopic (exact) mass is 373 g/mol. The number of hydrogen-bond acceptors (Lipinski definition) is 6. The minimum absolute atomic E-state index is 0. The lowest BCUT2D eigenvalue weighted by atomic mass is 10.0. The van der Waals surface area contributed by atoms with Gasteiger partial charge in [-0.2, -0.15) is 5.26 Å². The van der Waals surface area contributed by atoms with Gasteiger partial charge >= 0.3 is 0 Å². The summed E-state index contributed by atoms with van der Waals surface area (Å²) in [6.07, 6.45) is 4.00. The van der Waals surface area contributed by atoms with E-state index < -0.39 is 0 Å². The Morgan fingerprint density at radius 2 is 1.80 bits per heavy atom. The van der Waals surface area contributed by atoms with E-state index in [4.69, 9.17) is 4.99 Å². The molecular formula is C18H20ClN5S. The number of halogens is 1. The summed E-state index contributed by atoms with van der Waals surface area (Å²) < 4.78 is 0. The van der Waals surface area contributed by atoms with Crippen LogP contribution in [-0.4, -0.2) is 53.2 Å². The van der Waals surface area contributed by atoms with E-state index in [9.17, 15) is 5.26 Å². The van der Waals surface area contributed by atoms with Crippen molar-refractivity contribution in [1.29, 1.82) is 5.26 Å². The number of benzene rings is 1. The Bertz CT molecular complexity index is 781. The molecule has 0 atom stereocenters. The number of nitrogens with zero attached hydrogens (tertiary/aromatic N) is 5. The zero-order valence-corrected chi connectivity index (χ0v) is 15.7. The summed E-state index contributed by atoms with van der Waals surface area (Å²) >= 11 is 1.62. The van der Waals surface area contributed by atoms with Crippen LogP contribution in [0.3, 0.4) is 0 Å². The van der Waals surface area contributed by atoms with Gasteiger partial charge in [0.05, 0.1) is 6.54 Å². The largest absolute Gasteiger partial charge is 0.355 e. The number of amidine groups is 2. The van der Waals surface area contributed by atoms with Gasteiger partial charge in [0.25, 0.3) is 0 Å². The zero-order chi connectivity index (χ0) is 16.5. The van der Waals surface area contributed by atoms with Crippen LogP contribution >= 0.6 is 24.2 Å². The molecule has 0 amide bonds. The van der Waals surface area contributed by atoms with Crippen molar-refractivity contribution >= 4 is 35.2 Å². The first kappa shape index (κ1) is 17.8. The van der Waals surface area contributed by atoms with Gasteiger partial charge < -0.3 is 9.80 Å². The van der Waals surface area contributed by atoms with Crippen molar-refractivity contribution in [2.75, 3.05) is 32.4 Å². The second-order valence-corrected chi connectivity index (χ2v) is 6.80. The van der Waals surface area contributed by atoms with Gasteiger partial charge in [0, 0.05) is 19.6 Å². The number of rotatable bonds is 1. The molecule has 5 nitrogen and oxygen atoms in total. The van der Waals surface area contributed by atoms with Crippen molar-refractivity contribution < 1.29 is 0 Å². The molecule has 25 heavy (non-hydrogen) atoms. The number of hydrogen-bond donors (Lipinski definition) is 0. The molecule has 0 saturated heterocycles. The maximum Gasteiger partial charge on any atom is 0.171 e. The maximum absolute atomic E-state index is 9.72. The van der Waals surface area contributed by atoms with Crippen LogP contribution in [0, 0.1) is 11.3 Å². The highest BCUT2D eigenvalue weighted by atomic mass is 35.5. The number of nitriles is 1. The summed E-state index contributed by atoms with van der Waals surface area (Å²) in [5.74, 6) is 1.60. The first-order valence-electron chi connectivity index (χ1n) is 8.23. The standard InChI is InChI=1S/C18H19N5S.ClH/c1-24-18-21-17(15(12-19)16-20-8-11-23(16)18)22-9-6-13-4-2-3-5-14(13)7-10-22;/h2-5H,6-11H2,1H3;1H. The third-order valence-corrected chi connectivity index (χ3v) is 5.41. The van der Waals surface area contributed by atoms with Crippen LogP contribution in [0.2, 0.25) is 0 Å². The molecule has 0 aromatic heterocycles. The van der Waals surface area contributed by atoms with Gasteiger partial charge in [0.2, 0.25) is 0 Å². The maximum atomic E-state index is 9.72. The Kier molecular flexibility index (Phi) is 5.36. The smallest absolute Gasteiger partial charge is 0.171 e. The quantitative estimate of drug-likeness (QED) is 0.759. The van der Waals surface area contributed by atoms with Gasteiger partial charge in [0.15, 0.2) is 16.8 Å². The van der Waals surface area contributed by atoms with E-state index in [-0.39, 0.29) is 12.4 Å². The summed E-state index contributed by atoms with van der Waals surface area (Å²) in [6, 6.07) is 11.0. The van der Waals surface area contributed by atoms with E-state index in [1.165, 1.54) is 11.1 Å². The van der Waals surface area contributed by atoms with Gasteiger partial charge in [-0.25, -0.2) is 4.99 Å². The molecule has 0 aliphatic carbocycles. The molecule has 1 aromatic carbocycles. The van der Waals surface area contributed by atoms with E-state index in [2.05, 4.69) is 45.1 Å². The Hall–Kier alpha value is -1.97. The van der Waals surface area contributed by atoms with Gasteiger partial charge in [0.1, 0.15) is 11.6 Å². The molecule has 0 N–H and O–H groups in total. The third kappa shape index (κ3) is 3.14. The van der Waals surface area contributed by atoms with Crippen LogP contribution in [0.1, 0.15) is 11.1 Å². The zero-order valence-electron chi connectivity index (χ0n) is 14.1. The van der Waals surface area contributed by atoms with Crippen molar-refractivity contribution in [3.05, 3.63) is 46.8 Å². The highest BCUT2D eigenvalue weighted by Crippen LogP contribution is 2.28. The minimum Gasteiger partial charge on any atom is -0.355 e. The molecule has 0 unspecified atom stereocenters. The van der Waals surface area contributed by atoms with E-state index in [1.54, 1.807) is 11.8 Å². The van der Waals surface area contributed by atoms with Crippen molar-refractivity contribution in [2.24, 2.45) is 9.98 Å². The Labute approximate surface area is 158 Å². The summed E-state index contributed by atoms with van der Waals surface area (Å²) in [6.45, 7) is 3.32. The molecule has 0 spiro atoms. The molecule has 1 aromatic rings. The summed E-state index contributed by atoms with van der Waals surface area (Å²) in [7, 11) is 0. The molecule has 3 aliphatic rings. The number of fused-ring (bicyclic) bond motifs is 2. The van der Waals surface area contributed by atoms with Gasteiger partial charge in [-0.1, -0.05) is 36.0 Å². The predicted octanol–water partition coefficient (Wildman–Crippen LogP) is 2.69. The van der Waals surface area contributed by atoms with Crippen LogP contribution in [-0.2, 0) is 12.8 Å². The molecular weight excluding hydrogens is 354 g/mol. The Balaban J connectivity index is 0.00000182. The normalized spacial score (nSPS) is 19.2. The lowest BCUT2D eigenvalue weighted by molar-refractivity contribution is 0.354. The lowest BCUT2D eigenvalue weighted by Crippen LogP contribution is -2.40. The highest BCUT2D eigenvalue weighted by Gasteiger charge is 2.33. The molecule has 3 heterocycles. The second-order valence-electron chi connectivity index (χ2n) is 6.02.